The average molecular weight is 415 g/mol. The van der Waals surface area contributed by atoms with Crippen LogP contribution in [0, 0.1) is 0 Å². The molecule has 0 aliphatic rings. The molecule has 2 aromatic heterocycles. The molecule has 0 fully saturated rings. The Morgan fingerprint density at radius 3 is 2.54 bits per heavy atom. The Kier molecular flexibility index (Phi) is 6.27. The van der Waals surface area contributed by atoms with Gasteiger partial charge in [-0.15, -0.1) is 11.3 Å². The second-order valence-electron chi connectivity index (χ2n) is 5.88. The number of H-pyrrole nitrogens is 1. The molecule has 28 heavy (non-hydrogen) atoms. The third-order valence-corrected chi connectivity index (χ3v) is 5.64. The number of carbonyl (C=O) groups is 2. The van der Waals surface area contributed by atoms with Gasteiger partial charge in [-0.05, 0) is 23.9 Å². The lowest BCUT2D eigenvalue weighted by molar-refractivity contribution is -0.114. The van der Waals surface area contributed by atoms with Gasteiger partial charge in [-0.2, -0.15) is 0 Å². The van der Waals surface area contributed by atoms with Gasteiger partial charge in [0.15, 0.2) is 16.7 Å². The number of hydrogen-bond acceptors (Lipinski definition) is 6. The standard InChI is InChI=1S/C19H18N4O3S2/c1-11(13-7-4-3-5-8-13)28-19-22-16(20-12(2)24)15(18(26)23-19)21-17(25)14-9-6-10-27-14/h3-11H,1-2H3,(H,21,25)(H2,20,22,23,24,26)/t11-/m1/s1. The second kappa shape index (κ2) is 8.85. The fourth-order valence-corrected chi connectivity index (χ4v) is 3.97. The molecule has 0 radical (unpaired) electrons. The van der Waals surface area contributed by atoms with Crippen LogP contribution >= 0.6 is 23.1 Å². The van der Waals surface area contributed by atoms with Gasteiger partial charge >= 0.3 is 0 Å². The predicted octanol–water partition coefficient (Wildman–Crippen LogP) is 3.90. The molecule has 2 heterocycles. The van der Waals surface area contributed by atoms with E-state index in [2.05, 4.69) is 20.6 Å². The van der Waals surface area contributed by atoms with Crippen LogP contribution in [0.1, 0.15) is 34.3 Å². The number of carbonyl (C=O) groups excluding carboxylic acids is 2. The maximum atomic E-state index is 12.6. The van der Waals surface area contributed by atoms with Gasteiger partial charge < -0.3 is 10.6 Å². The van der Waals surface area contributed by atoms with Crippen LogP contribution in [-0.4, -0.2) is 21.8 Å². The molecule has 1 aromatic carbocycles. The van der Waals surface area contributed by atoms with Crippen LogP contribution in [0.4, 0.5) is 11.5 Å². The summed E-state index contributed by atoms with van der Waals surface area (Å²) in [5.74, 6) is -0.812. The Balaban J connectivity index is 1.89. The van der Waals surface area contributed by atoms with Crippen LogP contribution in [0.2, 0.25) is 0 Å². The number of nitrogens with zero attached hydrogens (tertiary/aromatic N) is 1. The summed E-state index contributed by atoms with van der Waals surface area (Å²) in [6, 6.07) is 13.2. The number of rotatable bonds is 6. The highest BCUT2D eigenvalue weighted by Gasteiger charge is 2.18. The maximum absolute atomic E-state index is 12.6. The van der Waals surface area contributed by atoms with E-state index in [0.717, 1.165) is 5.56 Å². The van der Waals surface area contributed by atoms with Crippen LogP contribution in [0.25, 0.3) is 0 Å². The monoisotopic (exact) mass is 414 g/mol. The average Bonchev–Trinajstić information content (AvgIpc) is 3.19. The zero-order valence-electron chi connectivity index (χ0n) is 15.2. The summed E-state index contributed by atoms with van der Waals surface area (Å²) < 4.78 is 0. The van der Waals surface area contributed by atoms with Crippen LogP contribution < -0.4 is 16.2 Å². The zero-order chi connectivity index (χ0) is 20.1. The molecule has 0 aliphatic heterocycles. The lowest BCUT2D eigenvalue weighted by Gasteiger charge is -2.14. The van der Waals surface area contributed by atoms with Gasteiger partial charge in [0.25, 0.3) is 11.5 Å². The van der Waals surface area contributed by atoms with Gasteiger partial charge in [0.05, 0.1) is 4.88 Å². The largest absolute Gasteiger partial charge is 0.314 e. The Morgan fingerprint density at radius 1 is 1.14 bits per heavy atom. The summed E-state index contributed by atoms with van der Waals surface area (Å²) in [6.45, 7) is 3.30. The molecule has 0 bridgehead atoms. The van der Waals surface area contributed by atoms with Crippen LogP contribution in [-0.2, 0) is 4.79 Å². The molecule has 2 amide bonds. The number of aromatic amines is 1. The molecular weight excluding hydrogens is 396 g/mol. The van der Waals surface area contributed by atoms with E-state index in [1.807, 2.05) is 37.3 Å². The van der Waals surface area contributed by atoms with Crippen molar-refractivity contribution in [3.05, 3.63) is 68.6 Å². The van der Waals surface area contributed by atoms with E-state index in [0.29, 0.717) is 10.0 Å². The number of thioether (sulfide) groups is 1. The van der Waals surface area contributed by atoms with E-state index in [1.165, 1.54) is 30.0 Å². The molecule has 3 rings (SSSR count). The molecule has 1 atom stereocenters. The molecule has 7 nitrogen and oxygen atoms in total. The van der Waals surface area contributed by atoms with Gasteiger partial charge in [0, 0.05) is 12.2 Å². The summed E-state index contributed by atoms with van der Waals surface area (Å²) in [5, 5.41) is 7.20. The summed E-state index contributed by atoms with van der Waals surface area (Å²) in [7, 11) is 0. The topological polar surface area (TPSA) is 104 Å². The lowest BCUT2D eigenvalue weighted by atomic mass is 10.2. The Bertz CT molecular complexity index is 1030. The number of amides is 2. The van der Waals surface area contributed by atoms with E-state index < -0.39 is 17.4 Å². The number of hydrogen-bond donors (Lipinski definition) is 3. The molecule has 3 aromatic rings. The van der Waals surface area contributed by atoms with Crippen molar-refractivity contribution < 1.29 is 9.59 Å². The first-order chi connectivity index (χ1) is 13.4. The predicted molar refractivity (Wildman–Crippen MR) is 112 cm³/mol. The maximum Gasteiger partial charge on any atom is 0.277 e. The molecule has 144 valence electrons. The summed E-state index contributed by atoms with van der Waals surface area (Å²) in [6.07, 6.45) is 0. The molecule has 9 heteroatoms. The van der Waals surface area contributed by atoms with E-state index in [-0.39, 0.29) is 16.8 Å². The molecular formula is C19H18N4O3S2. The van der Waals surface area contributed by atoms with Crippen LogP contribution in [0.5, 0.6) is 0 Å². The van der Waals surface area contributed by atoms with Gasteiger partial charge in [-0.1, -0.05) is 48.2 Å². The van der Waals surface area contributed by atoms with E-state index in [4.69, 9.17) is 0 Å². The number of nitrogens with one attached hydrogen (secondary N) is 3. The number of aromatic nitrogens is 2. The highest BCUT2D eigenvalue weighted by molar-refractivity contribution is 7.99. The minimum Gasteiger partial charge on any atom is -0.314 e. The SMILES string of the molecule is CC(=O)Nc1nc(S[C@H](C)c2ccccc2)[nH]c(=O)c1NC(=O)c1cccs1. The lowest BCUT2D eigenvalue weighted by Crippen LogP contribution is -2.24. The minimum atomic E-state index is -0.536. The smallest absolute Gasteiger partial charge is 0.277 e. The van der Waals surface area contributed by atoms with Gasteiger partial charge in [0.1, 0.15) is 0 Å². The first-order valence-electron chi connectivity index (χ1n) is 8.42. The second-order valence-corrected chi connectivity index (χ2v) is 8.16. The van der Waals surface area contributed by atoms with E-state index in [9.17, 15) is 14.4 Å². The highest BCUT2D eigenvalue weighted by Crippen LogP contribution is 2.33. The van der Waals surface area contributed by atoms with E-state index in [1.54, 1.807) is 17.5 Å². The molecule has 0 spiro atoms. The number of benzene rings is 1. The van der Waals surface area contributed by atoms with E-state index >= 15 is 0 Å². The normalized spacial score (nSPS) is 11.6. The van der Waals surface area contributed by atoms with Crippen molar-refractivity contribution in [1.29, 1.82) is 0 Å². The van der Waals surface area contributed by atoms with Crippen molar-refractivity contribution in [3.8, 4) is 0 Å². The zero-order valence-corrected chi connectivity index (χ0v) is 16.8. The van der Waals surface area contributed by atoms with Crippen molar-refractivity contribution in [2.45, 2.75) is 24.3 Å². The first kappa shape index (κ1) is 19.8. The number of anilines is 2. The molecule has 0 aliphatic carbocycles. The quantitative estimate of drug-likeness (QED) is 0.419. The molecule has 3 N–H and O–H groups in total. The van der Waals surface area contributed by atoms with Crippen LogP contribution in [0.3, 0.4) is 0 Å². The third kappa shape index (κ3) is 4.87. The van der Waals surface area contributed by atoms with Gasteiger partial charge in [-0.25, -0.2) is 4.98 Å². The Hall–Kier alpha value is -2.91. The number of thiophene rings is 1. The highest BCUT2D eigenvalue weighted by atomic mass is 32.2. The summed E-state index contributed by atoms with van der Waals surface area (Å²) in [4.78, 5) is 43.9. The van der Waals surface area contributed by atoms with Crippen LogP contribution in [0.15, 0.2) is 57.8 Å². The van der Waals surface area contributed by atoms with Crippen molar-refractivity contribution in [3.63, 3.8) is 0 Å². The van der Waals surface area contributed by atoms with Crippen molar-refractivity contribution in [2.75, 3.05) is 10.6 Å². The Labute approximate surface area is 169 Å². The molecule has 0 unspecified atom stereocenters. The first-order valence-corrected chi connectivity index (χ1v) is 10.2. The third-order valence-electron chi connectivity index (χ3n) is 3.73. The molecule has 0 saturated heterocycles. The summed E-state index contributed by atoms with van der Waals surface area (Å²) in [5.41, 5.74) is 0.447. The Morgan fingerprint density at radius 2 is 1.89 bits per heavy atom. The van der Waals surface area contributed by atoms with Crippen molar-refractivity contribution in [1.82, 2.24) is 9.97 Å². The fourth-order valence-electron chi connectivity index (χ4n) is 2.42. The summed E-state index contributed by atoms with van der Waals surface area (Å²) >= 11 is 2.60. The molecule has 0 saturated carbocycles. The van der Waals surface area contributed by atoms with Gasteiger partial charge in [-0.3, -0.25) is 19.4 Å². The van der Waals surface area contributed by atoms with Crippen molar-refractivity contribution >= 4 is 46.4 Å². The minimum absolute atomic E-state index is 0.0175. The van der Waals surface area contributed by atoms with Gasteiger partial charge in [0.2, 0.25) is 5.91 Å². The van der Waals surface area contributed by atoms with Crippen molar-refractivity contribution in [2.24, 2.45) is 0 Å². The fraction of sp³-hybridized carbons (Fsp3) is 0.158.